The second kappa shape index (κ2) is 5.84. The van der Waals surface area contributed by atoms with E-state index in [1.807, 2.05) is 25.1 Å². The maximum Gasteiger partial charge on any atom is 0.253 e. The van der Waals surface area contributed by atoms with Crippen molar-refractivity contribution in [1.29, 1.82) is 0 Å². The molecule has 5 heteroatoms. The molecule has 0 spiro atoms. The summed E-state index contributed by atoms with van der Waals surface area (Å²) in [6.07, 6.45) is 1.70. The first kappa shape index (κ1) is 13.5. The number of anilines is 1. The molecule has 0 saturated carbocycles. The number of carbonyl (C=O) groups is 1. The topological polar surface area (TPSA) is 68.0 Å². The number of nitrogens with one attached hydrogen (secondary N) is 1. The average Bonchev–Trinajstić information content (AvgIpc) is 2.42. The first-order chi connectivity index (χ1) is 9.08. The predicted octanol–water partition coefficient (Wildman–Crippen LogP) is 2.92. The van der Waals surface area contributed by atoms with E-state index in [1.165, 1.54) is 0 Å². The van der Waals surface area contributed by atoms with Gasteiger partial charge in [-0.15, -0.1) is 0 Å². The lowest BCUT2D eigenvalue weighted by molar-refractivity contribution is 0.0938. The summed E-state index contributed by atoms with van der Waals surface area (Å²) in [6, 6.07) is 10.6. The van der Waals surface area contributed by atoms with Crippen molar-refractivity contribution in [2.75, 3.05) is 5.73 Å². The molecular weight excluding hydrogens is 306 g/mol. The van der Waals surface area contributed by atoms with Crippen LogP contribution in [0.4, 0.5) is 5.69 Å². The van der Waals surface area contributed by atoms with Crippen molar-refractivity contribution < 1.29 is 4.79 Å². The Labute approximate surface area is 120 Å². The summed E-state index contributed by atoms with van der Waals surface area (Å²) in [5.74, 6) is -0.183. The van der Waals surface area contributed by atoms with Crippen molar-refractivity contribution in [3.63, 3.8) is 0 Å². The number of aromatic nitrogens is 1. The van der Waals surface area contributed by atoms with Crippen LogP contribution in [0.5, 0.6) is 0 Å². The minimum Gasteiger partial charge on any atom is -0.399 e. The minimum atomic E-state index is -0.183. The summed E-state index contributed by atoms with van der Waals surface area (Å²) >= 11 is 3.35. The highest BCUT2D eigenvalue weighted by atomic mass is 79.9. The average molecular weight is 320 g/mol. The van der Waals surface area contributed by atoms with Gasteiger partial charge in [-0.25, -0.2) is 0 Å². The summed E-state index contributed by atoms with van der Waals surface area (Å²) in [5.41, 5.74) is 7.58. The van der Waals surface area contributed by atoms with Gasteiger partial charge in [-0.05, 0) is 53.2 Å². The van der Waals surface area contributed by atoms with Gasteiger partial charge in [0.05, 0.1) is 17.3 Å². The van der Waals surface area contributed by atoms with Gasteiger partial charge in [0.25, 0.3) is 5.91 Å². The molecule has 3 N–H and O–H groups in total. The van der Waals surface area contributed by atoms with Gasteiger partial charge in [0, 0.05) is 16.4 Å². The molecule has 98 valence electrons. The first-order valence-corrected chi connectivity index (χ1v) is 6.64. The van der Waals surface area contributed by atoms with Crippen LogP contribution >= 0.6 is 15.9 Å². The van der Waals surface area contributed by atoms with E-state index in [4.69, 9.17) is 5.73 Å². The molecule has 0 aliphatic carbocycles. The van der Waals surface area contributed by atoms with Gasteiger partial charge in [-0.2, -0.15) is 0 Å². The van der Waals surface area contributed by atoms with E-state index in [-0.39, 0.29) is 11.9 Å². The fraction of sp³-hybridized carbons (Fsp3) is 0.143. The van der Waals surface area contributed by atoms with E-state index in [1.54, 1.807) is 24.4 Å². The zero-order valence-electron chi connectivity index (χ0n) is 10.4. The van der Waals surface area contributed by atoms with Gasteiger partial charge in [-0.3, -0.25) is 9.78 Å². The lowest BCUT2D eigenvalue weighted by atomic mass is 10.1. The van der Waals surface area contributed by atoms with E-state index in [9.17, 15) is 4.79 Å². The molecule has 1 aromatic carbocycles. The van der Waals surface area contributed by atoms with E-state index >= 15 is 0 Å². The number of nitrogen functional groups attached to an aromatic ring is 1. The van der Waals surface area contributed by atoms with Crippen LogP contribution in [0, 0.1) is 0 Å². The molecule has 0 saturated heterocycles. The van der Waals surface area contributed by atoms with E-state index in [2.05, 4.69) is 26.2 Å². The monoisotopic (exact) mass is 319 g/mol. The zero-order valence-corrected chi connectivity index (χ0v) is 12.0. The molecular formula is C14H14BrN3O. The van der Waals surface area contributed by atoms with Gasteiger partial charge in [0.2, 0.25) is 0 Å². The molecule has 1 atom stereocenters. The summed E-state index contributed by atoms with van der Waals surface area (Å²) in [7, 11) is 0. The first-order valence-electron chi connectivity index (χ1n) is 5.84. The van der Waals surface area contributed by atoms with Crippen molar-refractivity contribution in [2.24, 2.45) is 0 Å². The third-order valence-corrected chi connectivity index (χ3v) is 3.41. The number of nitrogens with two attached hydrogens (primary N) is 1. The Morgan fingerprint density at radius 3 is 2.84 bits per heavy atom. The number of benzene rings is 1. The van der Waals surface area contributed by atoms with Crippen molar-refractivity contribution in [3.8, 4) is 0 Å². The largest absolute Gasteiger partial charge is 0.399 e. The van der Waals surface area contributed by atoms with Gasteiger partial charge < -0.3 is 11.1 Å². The number of nitrogens with zero attached hydrogens (tertiary/aromatic N) is 1. The van der Waals surface area contributed by atoms with E-state index in [0.29, 0.717) is 15.7 Å². The van der Waals surface area contributed by atoms with Crippen LogP contribution < -0.4 is 11.1 Å². The van der Waals surface area contributed by atoms with Crippen LogP contribution in [0.2, 0.25) is 0 Å². The Hall–Kier alpha value is -1.88. The molecule has 0 aliphatic heterocycles. The standard InChI is InChI=1S/C14H14BrN3O/c1-9(13-4-2-3-7-17-13)18-14(19)11-8-10(16)5-6-12(11)15/h2-9H,16H2,1H3,(H,18,19)/t9-/m1/s1. The molecule has 0 radical (unpaired) electrons. The highest BCUT2D eigenvalue weighted by Crippen LogP contribution is 2.20. The normalized spacial score (nSPS) is 11.9. The second-order valence-electron chi connectivity index (χ2n) is 4.19. The van der Waals surface area contributed by atoms with Gasteiger partial charge in [0.15, 0.2) is 0 Å². The number of amides is 1. The van der Waals surface area contributed by atoms with Crippen molar-refractivity contribution in [3.05, 3.63) is 58.3 Å². The van der Waals surface area contributed by atoms with Gasteiger partial charge in [0.1, 0.15) is 0 Å². The highest BCUT2D eigenvalue weighted by Gasteiger charge is 2.14. The van der Waals surface area contributed by atoms with Crippen LogP contribution in [0.1, 0.15) is 29.0 Å². The van der Waals surface area contributed by atoms with Crippen LogP contribution in [0.15, 0.2) is 47.1 Å². The Kier molecular flexibility index (Phi) is 4.16. The maximum atomic E-state index is 12.2. The van der Waals surface area contributed by atoms with Crippen LogP contribution in [0.3, 0.4) is 0 Å². The smallest absolute Gasteiger partial charge is 0.253 e. The van der Waals surface area contributed by atoms with Crippen LogP contribution in [-0.2, 0) is 0 Å². The Morgan fingerprint density at radius 2 is 2.16 bits per heavy atom. The van der Waals surface area contributed by atoms with Gasteiger partial charge >= 0.3 is 0 Å². The minimum absolute atomic E-state index is 0.165. The molecule has 4 nitrogen and oxygen atoms in total. The number of carbonyl (C=O) groups excluding carboxylic acids is 1. The molecule has 1 heterocycles. The SMILES string of the molecule is C[C@@H](NC(=O)c1cc(N)ccc1Br)c1ccccn1. The number of halogens is 1. The maximum absolute atomic E-state index is 12.2. The number of hydrogen-bond donors (Lipinski definition) is 2. The zero-order chi connectivity index (χ0) is 13.8. The molecule has 2 rings (SSSR count). The summed E-state index contributed by atoms with van der Waals surface area (Å²) < 4.78 is 0.715. The second-order valence-corrected chi connectivity index (χ2v) is 5.04. The summed E-state index contributed by atoms with van der Waals surface area (Å²) in [6.45, 7) is 1.89. The molecule has 2 aromatic rings. The van der Waals surface area contributed by atoms with Crippen molar-refractivity contribution >= 4 is 27.5 Å². The Morgan fingerprint density at radius 1 is 1.37 bits per heavy atom. The highest BCUT2D eigenvalue weighted by molar-refractivity contribution is 9.10. The van der Waals surface area contributed by atoms with Crippen LogP contribution in [-0.4, -0.2) is 10.9 Å². The third kappa shape index (κ3) is 3.32. The van der Waals surface area contributed by atoms with Crippen molar-refractivity contribution in [1.82, 2.24) is 10.3 Å². The Bertz CT molecular complexity index is 586. The lowest BCUT2D eigenvalue weighted by Gasteiger charge is -2.14. The fourth-order valence-electron chi connectivity index (χ4n) is 1.70. The fourth-order valence-corrected chi connectivity index (χ4v) is 2.12. The molecule has 0 fully saturated rings. The van der Waals surface area contributed by atoms with E-state index < -0.39 is 0 Å². The lowest BCUT2D eigenvalue weighted by Crippen LogP contribution is -2.27. The quantitative estimate of drug-likeness (QED) is 0.855. The van der Waals surface area contributed by atoms with Gasteiger partial charge in [-0.1, -0.05) is 6.07 Å². The number of pyridine rings is 1. The van der Waals surface area contributed by atoms with E-state index in [0.717, 1.165) is 5.69 Å². The third-order valence-electron chi connectivity index (χ3n) is 2.71. The number of rotatable bonds is 3. The summed E-state index contributed by atoms with van der Waals surface area (Å²) in [4.78, 5) is 16.4. The molecule has 1 aromatic heterocycles. The molecule has 0 unspecified atom stereocenters. The summed E-state index contributed by atoms with van der Waals surface area (Å²) in [5, 5.41) is 2.89. The molecule has 0 aliphatic rings. The van der Waals surface area contributed by atoms with Crippen molar-refractivity contribution in [2.45, 2.75) is 13.0 Å². The molecule has 19 heavy (non-hydrogen) atoms. The number of hydrogen-bond acceptors (Lipinski definition) is 3. The van der Waals surface area contributed by atoms with Crippen LogP contribution in [0.25, 0.3) is 0 Å². The Balaban J connectivity index is 2.15. The molecule has 1 amide bonds. The molecule has 0 bridgehead atoms. The predicted molar refractivity (Wildman–Crippen MR) is 78.7 cm³/mol.